The number of aromatic nitrogens is 1. The Kier molecular flexibility index (Phi) is 5.54. The molecule has 2 N–H and O–H groups in total. The smallest absolute Gasteiger partial charge is 0.335 e. The first-order valence-corrected chi connectivity index (χ1v) is 9.84. The number of hydrogen-bond acceptors (Lipinski definition) is 5. The van der Waals surface area contributed by atoms with E-state index in [1.54, 1.807) is 12.1 Å². The van der Waals surface area contributed by atoms with E-state index in [4.69, 9.17) is 9.84 Å². The lowest BCUT2D eigenvalue weighted by molar-refractivity contribution is 0.0696. The summed E-state index contributed by atoms with van der Waals surface area (Å²) in [5, 5.41) is 12.5. The van der Waals surface area contributed by atoms with Crippen LogP contribution in [0, 0.1) is 0 Å². The maximum atomic E-state index is 12.5. The first kappa shape index (κ1) is 19.4. The fourth-order valence-electron chi connectivity index (χ4n) is 2.73. The van der Waals surface area contributed by atoms with Gasteiger partial charge in [-0.25, -0.2) is 9.78 Å². The van der Waals surface area contributed by atoms with Gasteiger partial charge in [-0.05, 0) is 54.6 Å². The first-order chi connectivity index (χ1) is 14.6. The van der Waals surface area contributed by atoms with E-state index in [2.05, 4.69) is 10.3 Å². The van der Waals surface area contributed by atoms with Crippen LogP contribution in [0.25, 0.3) is 10.6 Å². The summed E-state index contributed by atoms with van der Waals surface area (Å²) in [6, 6.07) is 23.1. The number of carboxylic acid groups (broad SMARTS) is 1. The molecule has 6 nitrogen and oxygen atoms in total. The van der Waals surface area contributed by atoms with Crippen LogP contribution in [0.5, 0.6) is 11.5 Å². The lowest BCUT2D eigenvalue weighted by Crippen LogP contribution is -2.10. The zero-order valence-electron chi connectivity index (χ0n) is 15.6. The zero-order valence-corrected chi connectivity index (χ0v) is 16.4. The van der Waals surface area contributed by atoms with Crippen molar-refractivity contribution in [2.45, 2.75) is 0 Å². The van der Waals surface area contributed by atoms with Gasteiger partial charge in [0.25, 0.3) is 5.91 Å². The molecule has 4 aromatic rings. The van der Waals surface area contributed by atoms with Gasteiger partial charge in [0.15, 0.2) is 0 Å². The maximum absolute atomic E-state index is 12.5. The van der Waals surface area contributed by atoms with Crippen LogP contribution in [0.3, 0.4) is 0 Å². The molecule has 0 saturated carbocycles. The average molecular weight is 416 g/mol. The Labute approximate surface area is 176 Å². The minimum absolute atomic E-state index is 0.107. The Morgan fingerprint density at radius 3 is 2.37 bits per heavy atom. The van der Waals surface area contributed by atoms with Gasteiger partial charge in [-0.15, -0.1) is 11.3 Å². The van der Waals surface area contributed by atoms with Crippen molar-refractivity contribution in [3.8, 4) is 22.1 Å². The summed E-state index contributed by atoms with van der Waals surface area (Å²) >= 11 is 1.25. The molecule has 7 heteroatoms. The van der Waals surface area contributed by atoms with Crippen molar-refractivity contribution < 1.29 is 19.4 Å². The van der Waals surface area contributed by atoms with Crippen LogP contribution in [0.1, 0.15) is 20.0 Å². The van der Waals surface area contributed by atoms with Gasteiger partial charge in [0.2, 0.25) is 0 Å². The van der Waals surface area contributed by atoms with E-state index in [9.17, 15) is 9.59 Å². The van der Waals surface area contributed by atoms with Crippen molar-refractivity contribution in [1.82, 2.24) is 4.98 Å². The molecule has 0 saturated heterocycles. The van der Waals surface area contributed by atoms with Gasteiger partial charge in [-0.2, -0.15) is 0 Å². The normalized spacial score (nSPS) is 10.4. The van der Waals surface area contributed by atoms with Gasteiger partial charge in [0.1, 0.15) is 21.4 Å². The first-order valence-electron chi connectivity index (χ1n) is 9.02. The Morgan fingerprint density at radius 2 is 1.63 bits per heavy atom. The number of carbonyl (C=O) groups excluding carboxylic acids is 1. The molecule has 1 amide bonds. The SMILES string of the molecule is O=C(O)c1cccc(NC(=O)c2cnc(-c3ccc(Oc4ccccc4)cc3)s2)c1. The highest BCUT2D eigenvalue weighted by molar-refractivity contribution is 7.17. The van der Waals surface area contributed by atoms with Crippen molar-refractivity contribution in [2.24, 2.45) is 0 Å². The van der Waals surface area contributed by atoms with E-state index >= 15 is 0 Å². The summed E-state index contributed by atoms with van der Waals surface area (Å²) in [7, 11) is 0. The fourth-order valence-corrected chi connectivity index (χ4v) is 3.54. The van der Waals surface area contributed by atoms with Crippen molar-refractivity contribution in [2.75, 3.05) is 5.32 Å². The molecule has 1 heterocycles. The van der Waals surface area contributed by atoms with E-state index in [1.807, 2.05) is 54.6 Å². The van der Waals surface area contributed by atoms with Crippen LogP contribution < -0.4 is 10.1 Å². The Bertz CT molecular complexity index is 1190. The molecule has 0 radical (unpaired) electrons. The number of para-hydroxylation sites is 1. The molecule has 0 atom stereocenters. The lowest BCUT2D eigenvalue weighted by Gasteiger charge is -2.05. The van der Waals surface area contributed by atoms with Crippen molar-refractivity contribution in [3.63, 3.8) is 0 Å². The van der Waals surface area contributed by atoms with Gasteiger partial charge in [0.05, 0.1) is 11.8 Å². The highest BCUT2D eigenvalue weighted by Crippen LogP contribution is 2.29. The number of nitrogens with one attached hydrogen (secondary N) is 1. The summed E-state index contributed by atoms with van der Waals surface area (Å²) in [6.07, 6.45) is 1.50. The Balaban J connectivity index is 1.45. The van der Waals surface area contributed by atoms with E-state index in [1.165, 1.54) is 29.7 Å². The molecular formula is C23H16N2O4S. The van der Waals surface area contributed by atoms with Crippen LogP contribution in [0.4, 0.5) is 5.69 Å². The highest BCUT2D eigenvalue weighted by atomic mass is 32.1. The van der Waals surface area contributed by atoms with E-state index in [-0.39, 0.29) is 11.5 Å². The molecule has 0 spiro atoms. The Hall–Kier alpha value is -3.97. The van der Waals surface area contributed by atoms with Crippen LogP contribution in [0.15, 0.2) is 85.1 Å². The van der Waals surface area contributed by atoms with Gasteiger partial charge < -0.3 is 15.2 Å². The number of hydrogen-bond donors (Lipinski definition) is 2. The summed E-state index contributed by atoms with van der Waals surface area (Å²) in [6.45, 7) is 0. The average Bonchev–Trinajstić information content (AvgIpc) is 3.26. The lowest BCUT2D eigenvalue weighted by atomic mass is 10.2. The van der Waals surface area contributed by atoms with Gasteiger partial charge in [-0.1, -0.05) is 24.3 Å². The molecule has 0 fully saturated rings. The molecule has 30 heavy (non-hydrogen) atoms. The van der Waals surface area contributed by atoms with Crippen LogP contribution in [-0.2, 0) is 0 Å². The third-order valence-electron chi connectivity index (χ3n) is 4.18. The second-order valence-electron chi connectivity index (χ2n) is 6.31. The number of ether oxygens (including phenoxy) is 1. The van der Waals surface area contributed by atoms with E-state index in [0.717, 1.165) is 11.3 Å². The van der Waals surface area contributed by atoms with E-state index < -0.39 is 5.97 Å². The highest BCUT2D eigenvalue weighted by Gasteiger charge is 2.13. The van der Waals surface area contributed by atoms with E-state index in [0.29, 0.717) is 21.3 Å². The molecule has 0 aliphatic rings. The number of nitrogens with zero attached hydrogens (tertiary/aromatic N) is 1. The Morgan fingerprint density at radius 1 is 0.900 bits per heavy atom. The fraction of sp³-hybridized carbons (Fsp3) is 0. The molecule has 0 bridgehead atoms. The van der Waals surface area contributed by atoms with Gasteiger partial charge in [0, 0.05) is 11.3 Å². The minimum atomic E-state index is -1.05. The second-order valence-corrected chi connectivity index (χ2v) is 7.34. The minimum Gasteiger partial charge on any atom is -0.478 e. The second kappa shape index (κ2) is 8.59. The summed E-state index contributed by atoms with van der Waals surface area (Å²) in [5.74, 6) is 0.0689. The number of amides is 1. The summed E-state index contributed by atoms with van der Waals surface area (Å²) < 4.78 is 5.78. The molecule has 0 aliphatic heterocycles. The monoisotopic (exact) mass is 416 g/mol. The zero-order chi connectivity index (χ0) is 20.9. The number of thiazole rings is 1. The molecule has 0 unspecified atom stereocenters. The molecule has 1 aromatic heterocycles. The number of rotatable bonds is 6. The standard InChI is InChI=1S/C23H16N2O4S/c26-21(25-17-6-4-5-16(13-17)23(27)28)20-14-24-22(30-20)15-9-11-19(12-10-15)29-18-7-2-1-3-8-18/h1-14H,(H,25,26)(H,27,28). The van der Waals surface area contributed by atoms with Crippen LogP contribution >= 0.6 is 11.3 Å². The van der Waals surface area contributed by atoms with Crippen molar-refractivity contribution >= 4 is 28.9 Å². The quantitative estimate of drug-likeness (QED) is 0.430. The molecule has 148 valence electrons. The van der Waals surface area contributed by atoms with Crippen molar-refractivity contribution in [1.29, 1.82) is 0 Å². The predicted octanol–water partition coefficient (Wildman–Crippen LogP) is 5.55. The van der Waals surface area contributed by atoms with Crippen molar-refractivity contribution in [3.05, 3.63) is 95.5 Å². The number of carboxylic acids is 1. The number of benzene rings is 3. The van der Waals surface area contributed by atoms with Gasteiger partial charge >= 0.3 is 5.97 Å². The summed E-state index contributed by atoms with van der Waals surface area (Å²) in [4.78, 5) is 28.3. The topological polar surface area (TPSA) is 88.5 Å². The summed E-state index contributed by atoms with van der Waals surface area (Å²) in [5.41, 5.74) is 1.39. The largest absolute Gasteiger partial charge is 0.478 e. The van der Waals surface area contributed by atoms with Crippen LogP contribution in [0.2, 0.25) is 0 Å². The molecule has 4 rings (SSSR count). The predicted molar refractivity (Wildman–Crippen MR) is 115 cm³/mol. The molecule has 3 aromatic carbocycles. The number of aromatic carboxylic acids is 1. The number of carbonyl (C=O) groups is 2. The third-order valence-corrected chi connectivity index (χ3v) is 5.22. The molecular weight excluding hydrogens is 400 g/mol. The number of anilines is 1. The van der Waals surface area contributed by atoms with Gasteiger partial charge in [-0.3, -0.25) is 4.79 Å². The molecule has 0 aliphatic carbocycles. The third kappa shape index (κ3) is 4.53. The maximum Gasteiger partial charge on any atom is 0.335 e. The van der Waals surface area contributed by atoms with Crippen LogP contribution in [-0.4, -0.2) is 22.0 Å².